The molecule has 44 heavy (non-hydrogen) atoms. The molecule has 6 unspecified atom stereocenters. The normalized spacial score (nSPS) is 29.5. The van der Waals surface area contributed by atoms with Gasteiger partial charge in [0.05, 0.1) is 13.3 Å². The molecule has 4 saturated heterocycles. The van der Waals surface area contributed by atoms with Crippen molar-refractivity contribution in [1.82, 2.24) is 35.9 Å². The molecule has 0 aromatic carbocycles. The molecular weight excluding hydrogens is 546 g/mol. The van der Waals surface area contributed by atoms with Crippen LogP contribution in [0.4, 0.5) is 0 Å². The minimum atomic E-state index is 0.608. The zero-order valence-corrected chi connectivity index (χ0v) is 25.5. The summed E-state index contributed by atoms with van der Waals surface area (Å²) in [7, 11) is 1.68. The van der Waals surface area contributed by atoms with Gasteiger partial charge in [0.25, 0.3) is 0 Å². The summed E-state index contributed by atoms with van der Waals surface area (Å²) in [6.45, 7) is 0. The first-order chi connectivity index (χ1) is 21.7. The van der Waals surface area contributed by atoms with E-state index >= 15 is 0 Å². The Labute approximate surface area is 260 Å². The fourth-order valence-electron chi connectivity index (χ4n) is 7.61. The number of rotatable bonds is 6. The molecule has 0 aliphatic carbocycles. The monoisotopic (exact) mass is 589 g/mol. The topological polar surface area (TPSA) is 96.9 Å². The molecule has 3 aromatic rings. The molecule has 0 radical (unpaired) electrons. The zero-order valence-electron chi connectivity index (χ0n) is 25.5. The Morgan fingerprint density at radius 3 is 2.02 bits per heavy atom. The van der Waals surface area contributed by atoms with Gasteiger partial charge < -0.3 is 20.7 Å². The van der Waals surface area contributed by atoms with Gasteiger partial charge in [-0.25, -0.2) is 9.97 Å². The van der Waals surface area contributed by atoms with Crippen molar-refractivity contribution in [2.45, 2.75) is 94.0 Å². The third-order valence-electron chi connectivity index (χ3n) is 9.74. The molecular formula is C36H43N7O. The molecule has 228 valence electrons. The molecule has 0 spiro atoms. The first-order valence-electron chi connectivity index (χ1n) is 16.2. The molecule has 6 aliphatic rings. The smallest absolute Gasteiger partial charge is 0.137 e. The van der Waals surface area contributed by atoms with Crippen LogP contribution in [-0.4, -0.2) is 63.3 Å². The highest BCUT2D eigenvalue weighted by Crippen LogP contribution is 2.34. The van der Waals surface area contributed by atoms with Crippen LogP contribution in [0.25, 0.3) is 6.08 Å². The van der Waals surface area contributed by atoms with Gasteiger partial charge in [-0.1, -0.05) is 41.0 Å². The molecule has 4 fully saturated rings. The third-order valence-corrected chi connectivity index (χ3v) is 9.74. The first kappa shape index (κ1) is 29.0. The lowest BCUT2D eigenvalue weighted by Gasteiger charge is -2.12. The van der Waals surface area contributed by atoms with Crippen LogP contribution >= 0.6 is 0 Å². The molecule has 6 bridgehead atoms. The summed E-state index contributed by atoms with van der Waals surface area (Å²) in [5.41, 5.74) is 8.29. The van der Waals surface area contributed by atoms with E-state index in [4.69, 9.17) is 4.74 Å². The van der Waals surface area contributed by atoms with Gasteiger partial charge in [-0.2, -0.15) is 0 Å². The van der Waals surface area contributed by atoms with Crippen LogP contribution in [0.5, 0.6) is 5.75 Å². The van der Waals surface area contributed by atoms with Crippen molar-refractivity contribution in [1.29, 1.82) is 0 Å². The Balaban J connectivity index is 0.000000107. The van der Waals surface area contributed by atoms with Crippen LogP contribution in [0.2, 0.25) is 0 Å². The molecule has 6 atom stereocenters. The molecule has 9 heterocycles. The molecule has 0 saturated carbocycles. The van der Waals surface area contributed by atoms with Gasteiger partial charge in [-0.05, 0) is 81.0 Å². The summed E-state index contributed by atoms with van der Waals surface area (Å²) in [6, 6.07) is 10.1. The fourth-order valence-corrected chi connectivity index (χ4v) is 7.61. The van der Waals surface area contributed by atoms with Crippen LogP contribution in [0.15, 0.2) is 90.6 Å². The first-order valence-corrected chi connectivity index (χ1v) is 16.2. The van der Waals surface area contributed by atoms with Gasteiger partial charge in [-0.15, -0.1) is 0 Å². The van der Waals surface area contributed by atoms with E-state index in [2.05, 4.69) is 66.2 Å². The second-order valence-electron chi connectivity index (χ2n) is 12.8. The summed E-state index contributed by atoms with van der Waals surface area (Å²) < 4.78 is 5.18. The van der Waals surface area contributed by atoms with Gasteiger partial charge in [0.1, 0.15) is 12.1 Å². The molecule has 8 nitrogen and oxygen atoms in total. The van der Waals surface area contributed by atoms with Crippen molar-refractivity contribution < 1.29 is 4.74 Å². The highest BCUT2D eigenvalue weighted by molar-refractivity contribution is 5.54. The van der Waals surface area contributed by atoms with Gasteiger partial charge in [-0.3, -0.25) is 9.97 Å². The number of nitrogens with one attached hydrogen (secondary N) is 3. The predicted octanol–water partition coefficient (Wildman–Crippen LogP) is 4.76. The third kappa shape index (κ3) is 6.98. The number of nitrogens with zero attached hydrogens (tertiary/aromatic N) is 4. The number of hydrogen-bond acceptors (Lipinski definition) is 8. The number of aromatic nitrogens is 4. The van der Waals surface area contributed by atoms with E-state index < -0.39 is 0 Å². The van der Waals surface area contributed by atoms with Crippen molar-refractivity contribution in [2.75, 3.05) is 7.11 Å². The van der Waals surface area contributed by atoms with Gasteiger partial charge in [0.2, 0.25) is 0 Å². The maximum absolute atomic E-state index is 5.18. The Hall–Kier alpha value is -3.72. The van der Waals surface area contributed by atoms with E-state index in [0.29, 0.717) is 30.2 Å². The number of ether oxygens (including phenoxy) is 1. The van der Waals surface area contributed by atoms with Gasteiger partial charge in [0, 0.05) is 72.8 Å². The number of pyridine rings is 2. The second-order valence-corrected chi connectivity index (χ2v) is 12.8. The van der Waals surface area contributed by atoms with Crippen LogP contribution in [0.3, 0.4) is 0 Å². The Bertz CT molecular complexity index is 1510. The highest BCUT2D eigenvalue weighted by Gasteiger charge is 2.34. The quantitative estimate of drug-likeness (QED) is 0.354. The highest BCUT2D eigenvalue weighted by atomic mass is 16.5. The van der Waals surface area contributed by atoms with Crippen LogP contribution in [0.1, 0.15) is 61.6 Å². The van der Waals surface area contributed by atoms with Crippen molar-refractivity contribution in [3.63, 3.8) is 0 Å². The predicted molar refractivity (Wildman–Crippen MR) is 173 cm³/mol. The van der Waals surface area contributed by atoms with Crippen LogP contribution in [0, 0.1) is 0 Å². The summed E-state index contributed by atoms with van der Waals surface area (Å²) in [4.78, 5) is 16.4. The van der Waals surface area contributed by atoms with E-state index in [1.54, 1.807) is 25.2 Å². The van der Waals surface area contributed by atoms with Gasteiger partial charge >= 0.3 is 0 Å². The maximum Gasteiger partial charge on any atom is 0.137 e. The lowest BCUT2D eigenvalue weighted by Crippen LogP contribution is -2.22. The molecule has 6 aliphatic heterocycles. The lowest BCUT2D eigenvalue weighted by atomic mass is 9.94. The SMILES string of the molecule is C(=C1\CC2CCC1N2)/c1cncnc1.C1=C(Cc2cccnc2)C2CCC1N2.COc1cncc(CC2=CC3CCC2N3)c1. The standard InChI is InChI=1S/C13H16N2O.C12H14N2.C11H13N3/c1-16-12-5-9(7-14-8-12)4-10-6-11-2-3-13(10)15-11;1-2-9(8-13-5-1)6-10-7-11-3-4-12(10)14-11;1-2-11-9(4-10(1)14-11)3-8-5-12-7-13-6-8/h5-8,11,13,15H,2-4H2,1H3;1-2,5,7-8,11-12,14H,3-4,6H2;3,5-7,10-11,14H,1-2,4H2/b;;9-3-. The Morgan fingerprint density at radius 2 is 1.45 bits per heavy atom. The molecule has 9 rings (SSSR count). The van der Waals surface area contributed by atoms with E-state index in [1.165, 1.54) is 67.2 Å². The van der Waals surface area contributed by atoms with Crippen molar-refractivity contribution >= 4 is 6.08 Å². The number of methoxy groups -OCH3 is 1. The summed E-state index contributed by atoms with van der Waals surface area (Å²) in [5.74, 6) is 0.842. The fraction of sp³-hybridized carbons (Fsp3) is 0.444. The largest absolute Gasteiger partial charge is 0.495 e. The maximum atomic E-state index is 5.18. The van der Waals surface area contributed by atoms with Crippen LogP contribution in [-0.2, 0) is 12.8 Å². The zero-order chi connectivity index (χ0) is 29.7. The van der Waals surface area contributed by atoms with E-state index in [0.717, 1.165) is 30.2 Å². The molecule has 8 heteroatoms. The van der Waals surface area contributed by atoms with Crippen molar-refractivity contribution in [3.05, 3.63) is 107 Å². The van der Waals surface area contributed by atoms with Crippen molar-refractivity contribution in [2.24, 2.45) is 0 Å². The number of hydrogen-bond donors (Lipinski definition) is 3. The summed E-state index contributed by atoms with van der Waals surface area (Å²) in [6.07, 6.45) is 30.9. The summed E-state index contributed by atoms with van der Waals surface area (Å²) >= 11 is 0. The second kappa shape index (κ2) is 13.5. The summed E-state index contributed by atoms with van der Waals surface area (Å²) in [5, 5.41) is 10.8. The average Bonchev–Trinajstić information content (AvgIpc) is 3.93. The molecule has 3 aromatic heterocycles. The van der Waals surface area contributed by atoms with E-state index in [9.17, 15) is 0 Å². The number of fused-ring (bicyclic) bond motifs is 6. The van der Waals surface area contributed by atoms with Crippen molar-refractivity contribution in [3.8, 4) is 5.75 Å². The minimum Gasteiger partial charge on any atom is -0.495 e. The Morgan fingerprint density at radius 1 is 0.750 bits per heavy atom. The van der Waals surface area contributed by atoms with Gasteiger partial charge in [0.15, 0.2) is 0 Å². The van der Waals surface area contributed by atoms with Crippen LogP contribution < -0.4 is 20.7 Å². The van der Waals surface area contributed by atoms with E-state index in [-0.39, 0.29) is 0 Å². The van der Waals surface area contributed by atoms with E-state index in [1.807, 2.05) is 37.1 Å². The molecule has 3 N–H and O–H groups in total. The lowest BCUT2D eigenvalue weighted by molar-refractivity contribution is 0.412. The Kier molecular flexibility index (Phi) is 8.91. The average molecular weight is 590 g/mol. The minimum absolute atomic E-state index is 0.608. The molecule has 0 amide bonds.